The Balaban J connectivity index is 1.93. The van der Waals surface area contributed by atoms with Gasteiger partial charge in [0.05, 0.1) is 7.11 Å². The van der Waals surface area contributed by atoms with Gasteiger partial charge in [0, 0.05) is 6.42 Å². The van der Waals surface area contributed by atoms with Crippen LogP contribution in [0.25, 0.3) is 0 Å². The first-order valence-corrected chi connectivity index (χ1v) is 7.30. The van der Waals surface area contributed by atoms with Crippen LogP contribution in [0.1, 0.15) is 58.3 Å². The maximum absolute atomic E-state index is 12.0. The van der Waals surface area contributed by atoms with Crippen LogP contribution in [0.2, 0.25) is 0 Å². The summed E-state index contributed by atoms with van der Waals surface area (Å²) in [5, 5.41) is 0. The number of unbranched alkanes of at least 4 members (excludes halogenated alkanes) is 4. The number of rotatable bonds is 8. The highest BCUT2D eigenvalue weighted by atomic mass is 16.7. The van der Waals surface area contributed by atoms with Crippen molar-refractivity contribution in [2.45, 2.75) is 64.1 Å². The van der Waals surface area contributed by atoms with Gasteiger partial charge in [-0.2, -0.15) is 0 Å². The molecule has 0 saturated heterocycles. The zero-order valence-corrected chi connectivity index (χ0v) is 11.9. The Hall–Kier alpha value is -1.19. The molecular weight excluding hydrogens is 244 g/mol. The van der Waals surface area contributed by atoms with Gasteiger partial charge in [0.15, 0.2) is 0 Å². The third-order valence-corrected chi connectivity index (χ3v) is 4.24. The molecule has 4 heteroatoms. The number of esters is 1. The molecule has 108 valence electrons. The maximum Gasteiger partial charge on any atom is 0.319 e. The third-order valence-electron chi connectivity index (χ3n) is 4.24. The summed E-state index contributed by atoms with van der Waals surface area (Å²) in [4.78, 5) is 12.0. The lowest BCUT2D eigenvalue weighted by Gasteiger charge is -2.34. The van der Waals surface area contributed by atoms with Gasteiger partial charge in [-0.15, -0.1) is 0 Å². The molecular formula is C15H24O4. The van der Waals surface area contributed by atoms with Gasteiger partial charge < -0.3 is 14.2 Å². The molecule has 2 rings (SSSR count). The van der Waals surface area contributed by atoms with Crippen LogP contribution in [-0.2, 0) is 19.0 Å². The average molecular weight is 268 g/mol. The molecule has 0 unspecified atom stereocenters. The van der Waals surface area contributed by atoms with Crippen LogP contribution in [0, 0.1) is 5.41 Å². The van der Waals surface area contributed by atoms with Crippen molar-refractivity contribution in [3.63, 3.8) is 0 Å². The zero-order chi connectivity index (χ0) is 13.8. The van der Waals surface area contributed by atoms with Crippen molar-refractivity contribution in [2.24, 2.45) is 5.41 Å². The zero-order valence-electron chi connectivity index (χ0n) is 11.9. The summed E-state index contributed by atoms with van der Waals surface area (Å²) in [6, 6.07) is 0. The van der Waals surface area contributed by atoms with Crippen LogP contribution >= 0.6 is 0 Å². The van der Waals surface area contributed by atoms with Gasteiger partial charge in [-0.3, -0.25) is 4.79 Å². The van der Waals surface area contributed by atoms with E-state index in [0.717, 1.165) is 32.1 Å². The summed E-state index contributed by atoms with van der Waals surface area (Å²) in [7, 11) is 1.43. The largest absolute Gasteiger partial charge is 0.468 e. The predicted molar refractivity (Wildman–Crippen MR) is 71.1 cm³/mol. The second kappa shape index (κ2) is 5.85. The average Bonchev–Trinajstić information content (AvgIpc) is 3.12. The van der Waals surface area contributed by atoms with Gasteiger partial charge in [0.25, 0.3) is 5.79 Å². The number of ether oxygens (including phenoxy) is 3. The van der Waals surface area contributed by atoms with Gasteiger partial charge in [-0.25, -0.2) is 0 Å². The highest BCUT2D eigenvalue weighted by molar-refractivity contribution is 5.81. The van der Waals surface area contributed by atoms with Crippen molar-refractivity contribution in [2.75, 3.05) is 7.11 Å². The Morgan fingerprint density at radius 2 is 1.79 bits per heavy atom. The standard InChI is InChI=1S/C15H24O4/c1-3-4-5-6-7-8-15(18-11-12-19-15)14(9-10-14)13(16)17-2/h11-12H,3-10H2,1-2H3. The summed E-state index contributed by atoms with van der Waals surface area (Å²) in [5.41, 5.74) is -0.587. The normalized spacial score (nSPS) is 21.6. The van der Waals surface area contributed by atoms with E-state index in [-0.39, 0.29) is 5.97 Å². The molecule has 1 saturated carbocycles. The SMILES string of the molecule is CCCCCCCC1(C2(C(=O)OC)CC2)OC=CO1. The fourth-order valence-corrected chi connectivity index (χ4v) is 2.91. The Bertz CT molecular complexity index is 336. The van der Waals surface area contributed by atoms with Crippen molar-refractivity contribution in [3.8, 4) is 0 Å². The van der Waals surface area contributed by atoms with Crippen LogP contribution in [0.5, 0.6) is 0 Å². The van der Waals surface area contributed by atoms with Gasteiger partial charge in [0.1, 0.15) is 17.9 Å². The molecule has 0 spiro atoms. The lowest BCUT2D eigenvalue weighted by atomic mass is 9.89. The molecule has 0 N–H and O–H groups in total. The molecule has 4 nitrogen and oxygen atoms in total. The van der Waals surface area contributed by atoms with Crippen LogP contribution in [0.3, 0.4) is 0 Å². The van der Waals surface area contributed by atoms with Crippen molar-refractivity contribution < 1.29 is 19.0 Å². The van der Waals surface area contributed by atoms with Crippen LogP contribution in [0.15, 0.2) is 12.5 Å². The van der Waals surface area contributed by atoms with Crippen molar-refractivity contribution in [3.05, 3.63) is 12.5 Å². The van der Waals surface area contributed by atoms with Crippen molar-refractivity contribution in [1.82, 2.24) is 0 Å². The first kappa shape index (κ1) is 14.2. The van der Waals surface area contributed by atoms with E-state index in [1.54, 1.807) is 12.5 Å². The minimum atomic E-state index is -0.813. The molecule has 0 aromatic heterocycles. The molecule has 1 fully saturated rings. The smallest absolute Gasteiger partial charge is 0.319 e. The molecule has 0 bridgehead atoms. The minimum absolute atomic E-state index is 0.204. The first-order chi connectivity index (χ1) is 9.21. The van der Waals surface area contributed by atoms with E-state index in [0.29, 0.717) is 0 Å². The number of methoxy groups -OCH3 is 1. The monoisotopic (exact) mass is 268 g/mol. The van der Waals surface area contributed by atoms with Gasteiger partial charge in [-0.1, -0.05) is 32.6 Å². The van der Waals surface area contributed by atoms with Crippen molar-refractivity contribution in [1.29, 1.82) is 0 Å². The third kappa shape index (κ3) is 2.58. The van der Waals surface area contributed by atoms with Gasteiger partial charge in [0.2, 0.25) is 0 Å². The minimum Gasteiger partial charge on any atom is -0.468 e. The Morgan fingerprint density at radius 1 is 1.16 bits per heavy atom. The van der Waals surface area contributed by atoms with E-state index in [9.17, 15) is 4.79 Å². The molecule has 0 radical (unpaired) electrons. The maximum atomic E-state index is 12.0. The number of carbonyl (C=O) groups is 1. The molecule has 0 atom stereocenters. The van der Waals surface area contributed by atoms with E-state index in [2.05, 4.69) is 6.92 Å². The van der Waals surface area contributed by atoms with Crippen LogP contribution in [-0.4, -0.2) is 18.9 Å². The Kier molecular flexibility index (Phi) is 4.38. The lowest BCUT2D eigenvalue weighted by Crippen LogP contribution is -2.46. The molecule has 19 heavy (non-hydrogen) atoms. The predicted octanol–water partition coefficient (Wildman–Crippen LogP) is 3.51. The molecule has 1 aliphatic carbocycles. The fraction of sp³-hybridized carbons (Fsp3) is 0.800. The lowest BCUT2D eigenvalue weighted by molar-refractivity contribution is -0.212. The van der Waals surface area contributed by atoms with Gasteiger partial charge in [-0.05, 0) is 19.3 Å². The van der Waals surface area contributed by atoms with Crippen LogP contribution < -0.4 is 0 Å². The summed E-state index contributed by atoms with van der Waals surface area (Å²) in [6.07, 6.45) is 11.3. The Morgan fingerprint density at radius 3 is 2.32 bits per heavy atom. The Labute approximate surface area is 115 Å². The van der Waals surface area contributed by atoms with E-state index < -0.39 is 11.2 Å². The highest BCUT2D eigenvalue weighted by Gasteiger charge is 2.69. The molecule has 0 aromatic rings. The van der Waals surface area contributed by atoms with Crippen LogP contribution in [0.4, 0.5) is 0 Å². The molecule has 1 aliphatic heterocycles. The summed E-state index contributed by atoms with van der Waals surface area (Å²) in [6.45, 7) is 2.20. The second-order valence-electron chi connectivity index (χ2n) is 5.50. The van der Waals surface area contributed by atoms with E-state index in [1.807, 2.05) is 0 Å². The highest BCUT2D eigenvalue weighted by Crippen LogP contribution is 2.60. The summed E-state index contributed by atoms with van der Waals surface area (Å²) >= 11 is 0. The summed E-state index contributed by atoms with van der Waals surface area (Å²) in [5.74, 6) is -1.02. The number of hydrogen-bond acceptors (Lipinski definition) is 4. The first-order valence-electron chi connectivity index (χ1n) is 7.30. The molecule has 0 aromatic carbocycles. The summed E-state index contributed by atoms with van der Waals surface area (Å²) < 4.78 is 16.3. The second-order valence-corrected chi connectivity index (χ2v) is 5.50. The van der Waals surface area contributed by atoms with Gasteiger partial charge >= 0.3 is 5.97 Å². The van der Waals surface area contributed by atoms with E-state index in [1.165, 1.54) is 26.4 Å². The fourth-order valence-electron chi connectivity index (χ4n) is 2.91. The quantitative estimate of drug-likeness (QED) is 0.499. The number of carbonyl (C=O) groups excluding carboxylic acids is 1. The van der Waals surface area contributed by atoms with E-state index >= 15 is 0 Å². The molecule has 1 heterocycles. The van der Waals surface area contributed by atoms with E-state index in [4.69, 9.17) is 14.2 Å². The number of hydrogen-bond donors (Lipinski definition) is 0. The van der Waals surface area contributed by atoms with Crippen molar-refractivity contribution >= 4 is 5.97 Å². The molecule has 0 amide bonds. The topological polar surface area (TPSA) is 44.8 Å². The molecule has 2 aliphatic rings.